The summed E-state index contributed by atoms with van der Waals surface area (Å²) in [5, 5.41) is 11.4. The Hall–Kier alpha value is -3.02. The maximum absolute atomic E-state index is 13.2. The Balaban J connectivity index is 1.51. The van der Waals surface area contributed by atoms with Gasteiger partial charge in [-0.15, -0.1) is 5.10 Å². The molecule has 0 radical (unpaired) electrons. The fourth-order valence-corrected chi connectivity index (χ4v) is 3.66. The summed E-state index contributed by atoms with van der Waals surface area (Å²) >= 11 is 0. The van der Waals surface area contributed by atoms with Crippen LogP contribution >= 0.6 is 0 Å². The number of hydrogen-bond acceptors (Lipinski definition) is 4. The summed E-state index contributed by atoms with van der Waals surface area (Å²) in [7, 11) is 0. The van der Waals surface area contributed by atoms with E-state index in [-0.39, 0.29) is 5.91 Å². The molecule has 1 aliphatic rings. The number of hydrogen-bond donors (Lipinski definition) is 0. The summed E-state index contributed by atoms with van der Waals surface area (Å²) in [6.45, 7) is 1.51. The highest BCUT2D eigenvalue weighted by molar-refractivity contribution is 5.83. The monoisotopic (exact) mass is 347 g/mol. The average molecular weight is 347 g/mol. The second-order valence-electron chi connectivity index (χ2n) is 6.61. The maximum atomic E-state index is 13.2. The van der Waals surface area contributed by atoms with Gasteiger partial charge in [0.05, 0.1) is 0 Å². The quantitative estimate of drug-likeness (QED) is 0.728. The topological polar surface area (TPSA) is 63.9 Å². The number of tetrazole rings is 1. The number of carbonyl (C=O) groups excluding carboxylic acids is 1. The zero-order valence-electron chi connectivity index (χ0n) is 14.5. The zero-order valence-corrected chi connectivity index (χ0v) is 14.5. The highest BCUT2D eigenvalue weighted by Crippen LogP contribution is 2.29. The van der Waals surface area contributed by atoms with Crippen molar-refractivity contribution < 1.29 is 4.79 Å². The van der Waals surface area contributed by atoms with Crippen molar-refractivity contribution in [2.45, 2.75) is 24.8 Å². The van der Waals surface area contributed by atoms with Gasteiger partial charge < -0.3 is 4.90 Å². The average Bonchev–Trinajstić information content (AvgIpc) is 3.24. The maximum Gasteiger partial charge on any atom is 0.252 e. The van der Waals surface area contributed by atoms with Crippen molar-refractivity contribution in [3.8, 4) is 0 Å². The molecule has 1 aromatic heterocycles. The number of benzene rings is 2. The van der Waals surface area contributed by atoms with Crippen LogP contribution in [0.1, 0.15) is 35.9 Å². The lowest BCUT2D eigenvalue weighted by molar-refractivity contribution is -0.135. The number of aromatic nitrogens is 4. The van der Waals surface area contributed by atoms with E-state index < -0.39 is 6.04 Å². The number of amides is 1. The molecule has 1 aliphatic heterocycles. The third-order valence-electron chi connectivity index (χ3n) is 5.06. The molecule has 6 heteroatoms. The van der Waals surface area contributed by atoms with Gasteiger partial charge in [-0.1, -0.05) is 60.7 Å². The van der Waals surface area contributed by atoms with Crippen molar-refractivity contribution in [3.05, 3.63) is 78.1 Å². The first kappa shape index (κ1) is 16.4. The number of piperidine rings is 1. The summed E-state index contributed by atoms with van der Waals surface area (Å²) in [5.74, 6) is 0.568. The van der Waals surface area contributed by atoms with Crippen LogP contribution in [-0.2, 0) is 4.79 Å². The Morgan fingerprint density at radius 3 is 2.23 bits per heavy atom. The highest BCUT2D eigenvalue weighted by Gasteiger charge is 2.31. The molecule has 2 aromatic carbocycles. The second kappa shape index (κ2) is 7.47. The largest absolute Gasteiger partial charge is 0.340 e. The van der Waals surface area contributed by atoms with Gasteiger partial charge in [-0.3, -0.25) is 4.79 Å². The van der Waals surface area contributed by atoms with E-state index in [4.69, 9.17) is 0 Å². The first-order valence-corrected chi connectivity index (χ1v) is 8.94. The minimum absolute atomic E-state index is 0.0509. The lowest BCUT2D eigenvalue weighted by Crippen LogP contribution is -2.42. The molecule has 1 amide bonds. The number of carbonyl (C=O) groups is 1. The molecule has 132 valence electrons. The van der Waals surface area contributed by atoms with E-state index in [1.807, 2.05) is 41.3 Å². The number of likely N-dealkylation sites (tertiary alicyclic amines) is 1. The van der Waals surface area contributed by atoms with Gasteiger partial charge in [-0.25, -0.2) is 4.68 Å². The van der Waals surface area contributed by atoms with E-state index in [1.165, 1.54) is 11.9 Å². The van der Waals surface area contributed by atoms with Crippen LogP contribution in [0.5, 0.6) is 0 Å². The molecule has 0 bridgehead atoms. The van der Waals surface area contributed by atoms with E-state index in [1.54, 1.807) is 4.68 Å². The molecular weight excluding hydrogens is 326 g/mol. The van der Waals surface area contributed by atoms with Crippen molar-refractivity contribution in [3.63, 3.8) is 0 Å². The predicted molar refractivity (Wildman–Crippen MR) is 97.4 cm³/mol. The number of rotatable bonds is 4. The molecule has 6 nitrogen and oxygen atoms in total. The van der Waals surface area contributed by atoms with Crippen LogP contribution in [-0.4, -0.2) is 44.1 Å². The van der Waals surface area contributed by atoms with Crippen LogP contribution < -0.4 is 0 Å². The normalized spacial score (nSPS) is 16.4. The molecule has 0 aliphatic carbocycles. The molecule has 0 saturated carbocycles. The highest BCUT2D eigenvalue weighted by atomic mass is 16.2. The Bertz CT molecular complexity index is 827. The molecule has 4 rings (SSSR count). The molecule has 1 fully saturated rings. The van der Waals surface area contributed by atoms with E-state index in [2.05, 4.69) is 39.8 Å². The van der Waals surface area contributed by atoms with Crippen LogP contribution in [0.4, 0.5) is 0 Å². The van der Waals surface area contributed by atoms with Crippen LogP contribution in [0, 0.1) is 0 Å². The fraction of sp³-hybridized carbons (Fsp3) is 0.300. The molecule has 3 aromatic rings. The summed E-state index contributed by atoms with van der Waals surface area (Å²) in [6.07, 6.45) is 3.46. The predicted octanol–water partition coefficient (Wildman–Crippen LogP) is 2.67. The molecular formula is C20H21N5O. The lowest BCUT2D eigenvalue weighted by Gasteiger charge is -2.34. The smallest absolute Gasteiger partial charge is 0.252 e. The van der Waals surface area contributed by atoms with E-state index >= 15 is 0 Å². The van der Waals surface area contributed by atoms with Crippen molar-refractivity contribution in [2.24, 2.45) is 0 Å². The van der Waals surface area contributed by atoms with Crippen LogP contribution in [0.25, 0.3) is 0 Å². The summed E-state index contributed by atoms with van der Waals surface area (Å²) in [5.41, 5.74) is 2.26. The van der Waals surface area contributed by atoms with Crippen molar-refractivity contribution in [1.29, 1.82) is 0 Å². The van der Waals surface area contributed by atoms with Gasteiger partial charge in [0.25, 0.3) is 5.91 Å². The van der Waals surface area contributed by atoms with Crippen molar-refractivity contribution in [2.75, 3.05) is 13.1 Å². The van der Waals surface area contributed by atoms with Gasteiger partial charge in [0.1, 0.15) is 6.33 Å². The third kappa shape index (κ3) is 3.35. The zero-order chi connectivity index (χ0) is 17.8. The summed E-state index contributed by atoms with van der Waals surface area (Å²) in [6, 6.07) is 19.7. The Morgan fingerprint density at radius 2 is 1.62 bits per heavy atom. The Morgan fingerprint density at radius 1 is 0.962 bits per heavy atom. The minimum Gasteiger partial charge on any atom is -0.340 e. The van der Waals surface area contributed by atoms with Crippen LogP contribution in [0.2, 0.25) is 0 Å². The Labute approximate surface area is 152 Å². The van der Waals surface area contributed by atoms with Gasteiger partial charge in [0, 0.05) is 13.1 Å². The van der Waals surface area contributed by atoms with Crippen LogP contribution in [0.15, 0.2) is 67.0 Å². The van der Waals surface area contributed by atoms with Gasteiger partial charge in [0.15, 0.2) is 6.04 Å². The van der Waals surface area contributed by atoms with Gasteiger partial charge >= 0.3 is 0 Å². The number of nitrogens with zero attached hydrogens (tertiary/aromatic N) is 5. The first-order valence-electron chi connectivity index (χ1n) is 8.94. The molecule has 1 unspecified atom stereocenters. The lowest BCUT2D eigenvalue weighted by atomic mass is 9.89. The van der Waals surface area contributed by atoms with Gasteiger partial charge in [0.2, 0.25) is 0 Å². The SMILES string of the molecule is O=C(C(c1ccccc1)n1cnnn1)N1CCC(c2ccccc2)CC1. The molecule has 0 spiro atoms. The fourth-order valence-electron chi connectivity index (χ4n) is 3.66. The van der Waals surface area contributed by atoms with E-state index in [0.717, 1.165) is 31.5 Å². The minimum atomic E-state index is -0.514. The van der Waals surface area contributed by atoms with E-state index in [0.29, 0.717) is 5.92 Å². The first-order chi connectivity index (χ1) is 12.8. The van der Waals surface area contributed by atoms with Gasteiger partial charge in [-0.2, -0.15) is 0 Å². The second-order valence-corrected chi connectivity index (χ2v) is 6.61. The summed E-state index contributed by atoms with van der Waals surface area (Å²) in [4.78, 5) is 15.2. The van der Waals surface area contributed by atoms with Crippen molar-refractivity contribution >= 4 is 5.91 Å². The Kier molecular flexibility index (Phi) is 4.73. The van der Waals surface area contributed by atoms with Crippen LogP contribution in [0.3, 0.4) is 0 Å². The molecule has 2 heterocycles. The molecule has 1 atom stereocenters. The van der Waals surface area contributed by atoms with E-state index in [9.17, 15) is 4.79 Å². The summed E-state index contributed by atoms with van der Waals surface area (Å²) < 4.78 is 1.54. The molecule has 1 saturated heterocycles. The van der Waals surface area contributed by atoms with Crippen molar-refractivity contribution in [1.82, 2.24) is 25.1 Å². The molecule has 0 N–H and O–H groups in total. The molecule has 26 heavy (non-hydrogen) atoms. The van der Waals surface area contributed by atoms with Gasteiger partial charge in [-0.05, 0) is 40.3 Å². The third-order valence-corrected chi connectivity index (χ3v) is 5.06. The standard InChI is InChI=1S/C20H21N5O/c26-20(19(25-15-21-22-23-25)18-9-5-2-6-10-18)24-13-11-17(12-14-24)16-7-3-1-4-8-16/h1-10,15,17,19H,11-14H2.